The van der Waals surface area contributed by atoms with Crippen molar-refractivity contribution in [2.24, 2.45) is 17.1 Å². The van der Waals surface area contributed by atoms with E-state index in [1.165, 1.54) is 0 Å². The van der Waals surface area contributed by atoms with Crippen LogP contribution >= 0.6 is 0 Å². The van der Waals surface area contributed by atoms with Gasteiger partial charge in [-0.1, -0.05) is 13.8 Å². The molecule has 4 heteroatoms. The number of nitrogens with one attached hydrogen (secondary N) is 1. The molecule has 4 nitrogen and oxygen atoms in total. The fourth-order valence-corrected chi connectivity index (χ4v) is 1.92. The van der Waals surface area contributed by atoms with Gasteiger partial charge < -0.3 is 16.0 Å². The summed E-state index contributed by atoms with van der Waals surface area (Å²) in [4.78, 5) is 14.0. The van der Waals surface area contributed by atoms with Crippen molar-refractivity contribution in [3.63, 3.8) is 0 Å². The second kappa shape index (κ2) is 5.64. The van der Waals surface area contributed by atoms with Gasteiger partial charge in [0.1, 0.15) is 0 Å². The summed E-state index contributed by atoms with van der Waals surface area (Å²) in [5.41, 5.74) is 5.73. The van der Waals surface area contributed by atoms with Gasteiger partial charge in [-0.25, -0.2) is 0 Å². The number of hydrogen-bond acceptors (Lipinski definition) is 3. The van der Waals surface area contributed by atoms with Crippen molar-refractivity contribution < 1.29 is 4.79 Å². The second-order valence-electron chi connectivity index (χ2n) is 5.47. The van der Waals surface area contributed by atoms with Crippen LogP contribution in [0.15, 0.2) is 0 Å². The summed E-state index contributed by atoms with van der Waals surface area (Å²) in [5.74, 6) is 0.0116. The molecule has 16 heavy (non-hydrogen) atoms. The minimum Gasteiger partial charge on any atom is -0.355 e. The minimum atomic E-state index is -0.0742. The Hall–Kier alpha value is -0.610. The highest BCUT2D eigenvalue weighted by molar-refractivity contribution is 5.78. The normalized spacial score (nSPS) is 22.8. The highest BCUT2D eigenvalue weighted by Crippen LogP contribution is 2.29. The lowest BCUT2D eigenvalue weighted by atomic mass is 9.80. The number of amides is 1. The first-order valence-electron chi connectivity index (χ1n) is 6.13. The molecule has 1 heterocycles. The van der Waals surface area contributed by atoms with Gasteiger partial charge in [-0.2, -0.15) is 0 Å². The van der Waals surface area contributed by atoms with Gasteiger partial charge in [0, 0.05) is 19.0 Å². The maximum absolute atomic E-state index is 11.6. The fourth-order valence-electron chi connectivity index (χ4n) is 1.92. The topological polar surface area (TPSA) is 58.4 Å². The lowest BCUT2D eigenvalue weighted by Gasteiger charge is -2.38. The Morgan fingerprint density at radius 2 is 2.06 bits per heavy atom. The van der Waals surface area contributed by atoms with Crippen LogP contribution in [0.25, 0.3) is 0 Å². The third kappa shape index (κ3) is 3.76. The summed E-state index contributed by atoms with van der Waals surface area (Å²) in [6.07, 6.45) is 2.31. The lowest BCUT2D eigenvalue weighted by Crippen LogP contribution is -2.45. The molecule has 1 aliphatic rings. The average Bonchev–Trinajstić information content (AvgIpc) is 2.29. The molecule has 3 N–H and O–H groups in total. The van der Waals surface area contributed by atoms with Gasteiger partial charge in [0.05, 0.1) is 0 Å². The molecule has 0 radical (unpaired) electrons. The number of piperidine rings is 1. The molecular weight excluding hydrogens is 202 g/mol. The Morgan fingerprint density at radius 1 is 1.50 bits per heavy atom. The van der Waals surface area contributed by atoms with Crippen molar-refractivity contribution in [1.82, 2.24) is 10.2 Å². The van der Waals surface area contributed by atoms with Gasteiger partial charge in [-0.3, -0.25) is 4.79 Å². The van der Waals surface area contributed by atoms with Crippen LogP contribution in [-0.2, 0) is 4.79 Å². The Kier molecular flexibility index (Phi) is 4.74. The summed E-state index contributed by atoms with van der Waals surface area (Å²) >= 11 is 0. The summed E-state index contributed by atoms with van der Waals surface area (Å²) in [7, 11) is 2.15. The molecule has 0 bridgehead atoms. The summed E-state index contributed by atoms with van der Waals surface area (Å²) in [5, 5.41) is 3.02. The molecule has 94 valence electrons. The highest BCUT2D eigenvalue weighted by atomic mass is 16.1. The zero-order valence-corrected chi connectivity index (χ0v) is 10.8. The van der Waals surface area contributed by atoms with Crippen LogP contribution in [0.4, 0.5) is 0 Å². The van der Waals surface area contributed by atoms with Crippen LogP contribution in [0.1, 0.15) is 26.7 Å². The number of nitrogens with two attached hydrogens (primary N) is 1. The molecule has 1 saturated heterocycles. The zero-order valence-electron chi connectivity index (χ0n) is 10.8. The van der Waals surface area contributed by atoms with E-state index in [0.29, 0.717) is 6.54 Å². The fraction of sp³-hybridized carbons (Fsp3) is 0.917. The van der Waals surface area contributed by atoms with Gasteiger partial charge in [0.15, 0.2) is 0 Å². The predicted octanol–water partition coefficient (Wildman–Crippen LogP) is 0.429. The second-order valence-corrected chi connectivity index (χ2v) is 5.47. The van der Waals surface area contributed by atoms with Crippen molar-refractivity contribution >= 4 is 5.91 Å². The Labute approximate surface area is 98.6 Å². The quantitative estimate of drug-likeness (QED) is 0.732. The zero-order chi connectivity index (χ0) is 12.2. The Bertz CT molecular complexity index is 234. The number of nitrogens with zero attached hydrogens (tertiary/aromatic N) is 1. The molecule has 0 aliphatic carbocycles. The average molecular weight is 227 g/mol. The molecular formula is C12H25N3O. The molecule has 0 aromatic carbocycles. The van der Waals surface area contributed by atoms with Crippen LogP contribution in [0, 0.1) is 11.3 Å². The standard InChI is InChI=1S/C12H25N3O/c1-10(8-13)11(16)14-9-12(2)4-6-15(3)7-5-12/h10H,4-9,13H2,1-3H3,(H,14,16). The van der Waals surface area contributed by atoms with E-state index < -0.39 is 0 Å². The number of carbonyl (C=O) groups is 1. The first-order valence-corrected chi connectivity index (χ1v) is 6.13. The molecule has 1 rings (SSSR count). The van der Waals surface area contributed by atoms with E-state index in [1.54, 1.807) is 0 Å². The van der Waals surface area contributed by atoms with Gasteiger partial charge in [0.2, 0.25) is 5.91 Å². The number of hydrogen-bond donors (Lipinski definition) is 2. The molecule has 0 saturated carbocycles. The molecule has 1 atom stereocenters. The largest absolute Gasteiger partial charge is 0.355 e. The van der Waals surface area contributed by atoms with Crippen molar-refractivity contribution in [3.05, 3.63) is 0 Å². The lowest BCUT2D eigenvalue weighted by molar-refractivity contribution is -0.124. The SMILES string of the molecule is CC(CN)C(=O)NCC1(C)CCN(C)CC1. The maximum atomic E-state index is 11.6. The number of likely N-dealkylation sites (tertiary alicyclic amines) is 1. The first kappa shape index (κ1) is 13.5. The predicted molar refractivity (Wildman–Crippen MR) is 66.1 cm³/mol. The Morgan fingerprint density at radius 3 is 2.56 bits per heavy atom. The van der Waals surface area contributed by atoms with Crippen LogP contribution in [0.2, 0.25) is 0 Å². The van der Waals surface area contributed by atoms with Gasteiger partial charge >= 0.3 is 0 Å². The summed E-state index contributed by atoms with van der Waals surface area (Å²) in [6, 6.07) is 0. The third-order valence-corrected chi connectivity index (χ3v) is 3.68. The van der Waals surface area contributed by atoms with E-state index >= 15 is 0 Å². The highest BCUT2D eigenvalue weighted by Gasteiger charge is 2.29. The molecule has 1 fully saturated rings. The van der Waals surface area contributed by atoms with Gasteiger partial charge in [0.25, 0.3) is 0 Å². The van der Waals surface area contributed by atoms with E-state index in [9.17, 15) is 4.79 Å². The van der Waals surface area contributed by atoms with E-state index in [0.717, 1.165) is 32.5 Å². The van der Waals surface area contributed by atoms with Crippen LogP contribution in [-0.4, -0.2) is 44.0 Å². The molecule has 0 aromatic heterocycles. The van der Waals surface area contributed by atoms with E-state index in [2.05, 4.69) is 24.2 Å². The number of carbonyl (C=O) groups excluding carboxylic acids is 1. The van der Waals surface area contributed by atoms with E-state index in [4.69, 9.17) is 5.73 Å². The van der Waals surface area contributed by atoms with Crippen LogP contribution in [0.5, 0.6) is 0 Å². The van der Waals surface area contributed by atoms with Crippen molar-refractivity contribution in [2.45, 2.75) is 26.7 Å². The molecule has 1 unspecified atom stereocenters. The van der Waals surface area contributed by atoms with Crippen LogP contribution in [0.3, 0.4) is 0 Å². The summed E-state index contributed by atoms with van der Waals surface area (Å²) in [6.45, 7) is 7.58. The van der Waals surface area contributed by atoms with Gasteiger partial charge in [-0.15, -0.1) is 0 Å². The minimum absolute atomic E-state index is 0.0742. The summed E-state index contributed by atoms with van der Waals surface area (Å²) < 4.78 is 0. The van der Waals surface area contributed by atoms with E-state index in [-0.39, 0.29) is 17.2 Å². The Balaban J connectivity index is 2.34. The van der Waals surface area contributed by atoms with Crippen LogP contribution < -0.4 is 11.1 Å². The van der Waals surface area contributed by atoms with Crippen molar-refractivity contribution in [1.29, 1.82) is 0 Å². The monoisotopic (exact) mass is 227 g/mol. The smallest absolute Gasteiger partial charge is 0.224 e. The number of rotatable bonds is 4. The van der Waals surface area contributed by atoms with E-state index in [1.807, 2.05) is 6.92 Å². The van der Waals surface area contributed by atoms with Crippen molar-refractivity contribution in [2.75, 3.05) is 33.2 Å². The maximum Gasteiger partial charge on any atom is 0.224 e. The molecule has 0 spiro atoms. The third-order valence-electron chi connectivity index (χ3n) is 3.68. The molecule has 1 aliphatic heterocycles. The van der Waals surface area contributed by atoms with Gasteiger partial charge in [-0.05, 0) is 38.4 Å². The first-order chi connectivity index (χ1) is 7.47. The molecule has 0 aromatic rings. The van der Waals surface area contributed by atoms with Crippen molar-refractivity contribution in [3.8, 4) is 0 Å². The molecule has 1 amide bonds.